The molecule has 0 aromatic heterocycles. The number of hydrogen-bond donors (Lipinski definition) is 1. The Bertz CT molecular complexity index is 1090. The van der Waals surface area contributed by atoms with Crippen LogP contribution in [0.4, 0.5) is 0 Å². The third-order valence-corrected chi connectivity index (χ3v) is 6.26. The van der Waals surface area contributed by atoms with E-state index in [1.54, 1.807) is 32.1 Å². The summed E-state index contributed by atoms with van der Waals surface area (Å²) in [5.41, 5.74) is 0.125. The van der Waals surface area contributed by atoms with E-state index in [9.17, 15) is 24.0 Å². The van der Waals surface area contributed by atoms with Crippen LogP contribution in [-0.2, 0) is 38.1 Å². The summed E-state index contributed by atoms with van der Waals surface area (Å²) in [5.74, 6) is -2.51. The van der Waals surface area contributed by atoms with Crippen LogP contribution in [-0.4, -0.2) is 67.4 Å². The average Bonchev–Trinajstić information content (AvgIpc) is 2.86. The molecule has 1 N–H and O–H groups in total. The number of nitrogens with one attached hydrogen (secondary N) is 1. The molecule has 2 rings (SSSR count). The molecule has 1 aromatic carbocycles. The number of carbonyl (C=O) groups excluding carboxylic acids is 5. The van der Waals surface area contributed by atoms with E-state index in [1.807, 2.05) is 0 Å². The minimum Gasteiger partial charge on any atom is -0.467 e. The normalized spacial score (nSPS) is 20.1. The molecule has 1 saturated heterocycles. The highest BCUT2D eigenvalue weighted by atomic mass is 16.6. The van der Waals surface area contributed by atoms with Crippen LogP contribution in [0.15, 0.2) is 24.8 Å². The Morgan fingerprint density at radius 2 is 1.69 bits per heavy atom. The maximum atomic E-state index is 13.0. The van der Waals surface area contributed by atoms with Crippen LogP contribution in [0.1, 0.15) is 67.9 Å². The number of ether oxygens (including phenoxy) is 5. The van der Waals surface area contributed by atoms with Gasteiger partial charge in [-0.3, -0.25) is 19.2 Å². The Kier molecular flexibility index (Phi) is 11.2. The predicted octanol–water partition coefficient (Wildman–Crippen LogP) is 2.88. The molecule has 1 aromatic rings. The number of aryl methyl sites for hydroxylation is 2. The van der Waals surface area contributed by atoms with Gasteiger partial charge < -0.3 is 29.0 Å². The van der Waals surface area contributed by atoms with Crippen LogP contribution >= 0.6 is 0 Å². The summed E-state index contributed by atoms with van der Waals surface area (Å²) in [6.07, 6.45) is -0.0777. The van der Waals surface area contributed by atoms with E-state index in [4.69, 9.17) is 23.7 Å². The molecule has 1 amide bonds. The van der Waals surface area contributed by atoms with Crippen molar-refractivity contribution in [3.05, 3.63) is 41.5 Å². The van der Waals surface area contributed by atoms with Crippen LogP contribution in [0.3, 0.4) is 0 Å². The van der Waals surface area contributed by atoms with E-state index < -0.39 is 53.7 Å². The number of benzene rings is 1. The van der Waals surface area contributed by atoms with Gasteiger partial charge in [0.25, 0.3) is 5.91 Å². The molecule has 1 fully saturated rings. The zero-order valence-corrected chi connectivity index (χ0v) is 23.3. The summed E-state index contributed by atoms with van der Waals surface area (Å²) in [5, 5.41) is 2.71. The number of methoxy groups -OCH3 is 1. The fourth-order valence-electron chi connectivity index (χ4n) is 4.73. The SMILES string of the molecule is C=CCC1(C(=O)OC)CCC[C@H]([C@H](OC(C)=O)C(CNC(=O)c2cc(C)c(OC(C)=O)c(C)c2)OC(C)=O)O1. The lowest BCUT2D eigenvalue weighted by atomic mass is 9.86. The zero-order valence-electron chi connectivity index (χ0n) is 23.3. The summed E-state index contributed by atoms with van der Waals surface area (Å²) in [7, 11) is 1.25. The van der Waals surface area contributed by atoms with E-state index in [0.717, 1.165) is 0 Å². The van der Waals surface area contributed by atoms with Gasteiger partial charge in [0, 0.05) is 32.8 Å². The van der Waals surface area contributed by atoms with Crippen molar-refractivity contribution in [1.82, 2.24) is 5.32 Å². The van der Waals surface area contributed by atoms with Crippen molar-refractivity contribution in [3.63, 3.8) is 0 Å². The van der Waals surface area contributed by atoms with Gasteiger partial charge >= 0.3 is 23.9 Å². The van der Waals surface area contributed by atoms with Crippen LogP contribution in [0.2, 0.25) is 0 Å². The molecular formula is C28H37NO10. The lowest BCUT2D eigenvalue weighted by molar-refractivity contribution is -0.215. The lowest BCUT2D eigenvalue weighted by Gasteiger charge is -2.42. The van der Waals surface area contributed by atoms with Crippen molar-refractivity contribution < 1.29 is 47.7 Å². The summed E-state index contributed by atoms with van der Waals surface area (Å²) >= 11 is 0. The first kappa shape index (κ1) is 31.5. The molecule has 1 aliphatic heterocycles. The average molecular weight is 548 g/mol. The Labute approximate surface area is 228 Å². The first-order chi connectivity index (χ1) is 18.3. The van der Waals surface area contributed by atoms with Crippen molar-refractivity contribution in [2.45, 2.75) is 84.2 Å². The number of carbonyl (C=O) groups is 5. The summed E-state index contributed by atoms with van der Waals surface area (Å²) in [6.45, 7) is 10.6. The largest absolute Gasteiger partial charge is 0.467 e. The highest BCUT2D eigenvalue weighted by Gasteiger charge is 2.48. The monoisotopic (exact) mass is 547 g/mol. The third-order valence-electron chi connectivity index (χ3n) is 6.26. The van der Waals surface area contributed by atoms with E-state index in [1.165, 1.54) is 27.9 Å². The number of esters is 4. The number of rotatable bonds is 11. The molecule has 1 aliphatic rings. The van der Waals surface area contributed by atoms with E-state index >= 15 is 0 Å². The predicted molar refractivity (Wildman–Crippen MR) is 139 cm³/mol. The molecule has 0 aliphatic carbocycles. The molecule has 4 atom stereocenters. The summed E-state index contributed by atoms with van der Waals surface area (Å²) in [4.78, 5) is 61.1. The van der Waals surface area contributed by atoms with Crippen molar-refractivity contribution in [2.75, 3.05) is 13.7 Å². The van der Waals surface area contributed by atoms with Gasteiger partial charge in [0.1, 0.15) is 5.75 Å². The van der Waals surface area contributed by atoms with E-state index in [0.29, 0.717) is 36.1 Å². The van der Waals surface area contributed by atoms with Gasteiger partial charge in [0.05, 0.1) is 19.8 Å². The van der Waals surface area contributed by atoms with E-state index in [2.05, 4.69) is 11.9 Å². The summed E-state index contributed by atoms with van der Waals surface area (Å²) in [6, 6.07) is 3.13. The molecule has 2 unspecified atom stereocenters. The number of amides is 1. The van der Waals surface area contributed by atoms with Gasteiger partial charge in [0.15, 0.2) is 17.8 Å². The van der Waals surface area contributed by atoms with Crippen LogP contribution in [0, 0.1) is 13.8 Å². The fraction of sp³-hybridized carbons (Fsp3) is 0.536. The Morgan fingerprint density at radius 3 is 2.21 bits per heavy atom. The van der Waals surface area contributed by atoms with Gasteiger partial charge in [-0.05, 0) is 56.4 Å². The fourth-order valence-corrected chi connectivity index (χ4v) is 4.73. The maximum absolute atomic E-state index is 13.0. The molecule has 0 saturated carbocycles. The molecule has 214 valence electrons. The van der Waals surface area contributed by atoms with Crippen molar-refractivity contribution in [2.24, 2.45) is 0 Å². The van der Waals surface area contributed by atoms with Gasteiger partial charge in [0.2, 0.25) is 0 Å². The van der Waals surface area contributed by atoms with Crippen molar-refractivity contribution in [1.29, 1.82) is 0 Å². The quantitative estimate of drug-likeness (QED) is 0.190. The second-order valence-electron chi connectivity index (χ2n) is 9.49. The van der Waals surface area contributed by atoms with Crippen LogP contribution < -0.4 is 10.1 Å². The molecule has 0 radical (unpaired) electrons. The van der Waals surface area contributed by atoms with Crippen LogP contribution in [0.25, 0.3) is 0 Å². The minimum absolute atomic E-state index is 0.167. The van der Waals surface area contributed by atoms with Gasteiger partial charge in [-0.2, -0.15) is 0 Å². The highest BCUT2D eigenvalue weighted by Crippen LogP contribution is 2.36. The van der Waals surface area contributed by atoms with E-state index in [-0.39, 0.29) is 18.5 Å². The molecule has 11 nitrogen and oxygen atoms in total. The van der Waals surface area contributed by atoms with Gasteiger partial charge in [-0.25, -0.2) is 4.79 Å². The van der Waals surface area contributed by atoms with Gasteiger partial charge in [-0.1, -0.05) is 6.08 Å². The summed E-state index contributed by atoms with van der Waals surface area (Å²) < 4.78 is 27.4. The Morgan fingerprint density at radius 1 is 1.08 bits per heavy atom. The lowest BCUT2D eigenvalue weighted by Crippen LogP contribution is -2.56. The van der Waals surface area contributed by atoms with Crippen molar-refractivity contribution in [3.8, 4) is 5.75 Å². The molecule has 0 bridgehead atoms. The second kappa shape index (κ2) is 13.9. The highest BCUT2D eigenvalue weighted by molar-refractivity contribution is 5.95. The Hall–Kier alpha value is -3.73. The number of hydrogen-bond acceptors (Lipinski definition) is 10. The standard InChI is InChI=1S/C28H37NO10/c1-8-11-28(27(34)35-7)12-9-10-22(39-28)25(38-20(6)32)23(36-18(4)30)15-29-26(33)21-13-16(2)24(17(3)14-21)37-19(5)31/h8,13-14,22-23,25H,1,9-12,15H2,2-7H3,(H,29,33)/t22-,23?,25+,28?/m1/s1. The van der Waals surface area contributed by atoms with Crippen molar-refractivity contribution >= 4 is 29.8 Å². The zero-order chi connectivity index (χ0) is 29.3. The second-order valence-corrected chi connectivity index (χ2v) is 9.49. The smallest absolute Gasteiger partial charge is 0.338 e. The topological polar surface area (TPSA) is 144 Å². The maximum Gasteiger partial charge on any atom is 0.338 e. The van der Waals surface area contributed by atoms with Gasteiger partial charge in [-0.15, -0.1) is 6.58 Å². The minimum atomic E-state index is -1.33. The Balaban J connectivity index is 2.33. The molecule has 0 spiro atoms. The first-order valence-corrected chi connectivity index (χ1v) is 12.6. The van der Waals surface area contributed by atoms with Crippen LogP contribution in [0.5, 0.6) is 5.75 Å². The molecule has 11 heteroatoms. The molecular weight excluding hydrogens is 510 g/mol. The third kappa shape index (κ3) is 8.38. The molecule has 1 heterocycles. The molecule has 39 heavy (non-hydrogen) atoms. The first-order valence-electron chi connectivity index (χ1n) is 12.6.